The number of nitrogens with one attached hydrogen (secondary N) is 1. The van der Waals surface area contributed by atoms with Gasteiger partial charge in [0, 0.05) is 5.69 Å². The van der Waals surface area contributed by atoms with Crippen molar-refractivity contribution < 1.29 is 23.1 Å². The lowest BCUT2D eigenvalue weighted by atomic mass is 10.2. The number of amides is 1. The van der Waals surface area contributed by atoms with E-state index >= 15 is 0 Å². The van der Waals surface area contributed by atoms with Gasteiger partial charge >= 0.3 is 12.3 Å². The van der Waals surface area contributed by atoms with Crippen LogP contribution in [-0.4, -0.2) is 21.2 Å². The summed E-state index contributed by atoms with van der Waals surface area (Å²) in [6.07, 6.45) is -5.22. The van der Waals surface area contributed by atoms with Gasteiger partial charge in [-0.1, -0.05) is 0 Å². The summed E-state index contributed by atoms with van der Waals surface area (Å²) in [5, 5.41) is 10.6. The van der Waals surface area contributed by atoms with Crippen molar-refractivity contribution in [2.24, 2.45) is 0 Å². The number of hydrogen-bond donors (Lipinski definition) is 2. The molecule has 5 nitrogen and oxygen atoms in total. The van der Waals surface area contributed by atoms with Crippen LogP contribution in [0.5, 0.6) is 0 Å². The lowest BCUT2D eigenvalue weighted by molar-refractivity contribution is -0.141. The molecule has 0 aliphatic carbocycles. The highest BCUT2D eigenvalue weighted by molar-refractivity contribution is 5.87. The zero-order chi connectivity index (χ0) is 13.3. The third-order valence-electron chi connectivity index (χ3n) is 2.08. The average molecular weight is 257 g/mol. The van der Waals surface area contributed by atoms with Crippen molar-refractivity contribution in [2.45, 2.75) is 6.18 Å². The van der Waals surface area contributed by atoms with E-state index in [1.807, 2.05) is 0 Å². The fraction of sp³-hybridized carbons (Fsp3) is 0.100. The number of carboxylic acid groups (broad SMARTS) is 1. The fourth-order valence-corrected chi connectivity index (χ4v) is 1.35. The Balaban J connectivity index is 2.45. The number of halogens is 3. The molecule has 18 heavy (non-hydrogen) atoms. The molecule has 0 bridgehead atoms. The summed E-state index contributed by atoms with van der Waals surface area (Å²) in [6, 6.07) is 3.88. The number of aromatic nitrogens is 2. The molecule has 0 radical (unpaired) electrons. The van der Waals surface area contributed by atoms with E-state index in [0.717, 1.165) is 0 Å². The van der Waals surface area contributed by atoms with Crippen molar-refractivity contribution in [2.75, 3.05) is 5.32 Å². The Morgan fingerprint density at radius 3 is 2.61 bits per heavy atom. The van der Waals surface area contributed by atoms with Gasteiger partial charge in [-0.3, -0.25) is 10.3 Å². The Hall–Kier alpha value is -2.38. The van der Waals surface area contributed by atoms with Crippen LogP contribution in [0.3, 0.4) is 0 Å². The van der Waals surface area contributed by atoms with Crippen LogP contribution in [0.25, 0.3) is 11.0 Å². The van der Waals surface area contributed by atoms with Gasteiger partial charge in [-0.2, -0.15) is 13.2 Å². The van der Waals surface area contributed by atoms with Crippen LogP contribution in [0.15, 0.2) is 24.4 Å². The maximum Gasteiger partial charge on any atom is 0.434 e. The minimum absolute atomic E-state index is 0.0424. The number of anilines is 1. The van der Waals surface area contributed by atoms with Crippen molar-refractivity contribution in [3.63, 3.8) is 0 Å². The molecule has 2 rings (SSSR count). The molecule has 94 valence electrons. The number of benzene rings is 1. The van der Waals surface area contributed by atoms with Crippen molar-refractivity contribution >= 4 is 22.8 Å². The summed E-state index contributed by atoms with van der Waals surface area (Å²) in [4.78, 5) is 17.4. The number of carbonyl (C=O) groups is 1. The first-order valence-corrected chi connectivity index (χ1v) is 4.70. The Labute approximate surface area is 98.3 Å². The third-order valence-corrected chi connectivity index (χ3v) is 2.08. The first kappa shape index (κ1) is 12.1. The number of rotatable bonds is 1. The number of fused-ring (bicyclic) bond motifs is 1. The van der Waals surface area contributed by atoms with Crippen LogP contribution < -0.4 is 5.32 Å². The topological polar surface area (TPSA) is 75.1 Å². The Morgan fingerprint density at radius 2 is 2.00 bits per heavy atom. The van der Waals surface area contributed by atoms with Crippen molar-refractivity contribution in [3.8, 4) is 0 Å². The monoisotopic (exact) mass is 257 g/mol. The summed E-state index contributed by atoms with van der Waals surface area (Å²) in [7, 11) is 0. The first-order chi connectivity index (χ1) is 8.36. The molecular weight excluding hydrogens is 251 g/mol. The molecule has 1 heterocycles. The smallest absolute Gasteiger partial charge is 0.434 e. The first-order valence-electron chi connectivity index (χ1n) is 4.70. The van der Waals surface area contributed by atoms with Crippen LogP contribution >= 0.6 is 0 Å². The maximum absolute atomic E-state index is 12.4. The summed E-state index contributed by atoms with van der Waals surface area (Å²) in [6.45, 7) is 0. The van der Waals surface area contributed by atoms with Crippen LogP contribution in [0.1, 0.15) is 5.69 Å². The second kappa shape index (κ2) is 4.13. The van der Waals surface area contributed by atoms with Gasteiger partial charge in [0.2, 0.25) is 0 Å². The van der Waals surface area contributed by atoms with Gasteiger partial charge in [-0.15, -0.1) is 0 Å². The number of nitrogens with zero attached hydrogens (tertiary/aromatic N) is 2. The molecule has 0 fully saturated rings. The van der Waals surface area contributed by atoms with E-state index < -0.39 is 18.0 Å². The predicted octanol–water partition coefficient (Wildman–Crippen LogP) is 2.74. The standard InChI is InChI=1S/C10H6F3N3O2/c11-10(12,13)8-4-14-7-3-5(15-9(17)18)1-2-6(7)16-8/h1-4,15H,(H,17,18). The van der Waals surface area contributed by atoms with Gasteiger partial charge in [-0.05, 0) is 18.2 Å². The Morgan fingerprint density at radius 1 is 1.28 bits per heavy atom. The van der Waals surface area contributed by atoms with E-state index in [9.17, 15) is 18.0 Å². The minimum atomic E-state index is -4.56. The highest BCUT2D eigenvalue weighted by Gasteiger charge is 2.33. The van der Waals surface area contributed by atoms with Gasteiger partial charge in [0.25, 0.3) is 0 Å². The van der Waals surface area contributed by atoms with Gasteiger partial charge < -0.3 is 5.11 Å². The predicted molar refractivity (Wildman–Crippen MR) is 56.2 cm³/mol. The molecule has 2 N–H and O–H groups in total. The molecule has 0 saturated carbocycles. The van der Waals surface area contributed by atoms with Crippen LogP contribution in [0, 0.1) is 0 Å². The van der Waals surface area contributed by atoms with E-state index in [2.05, 4.69) is 15.3 Å². The molecule has 1 amide bonds. The van der Waals surface area contributed by atoms with E-state index in [-0.39, 0.29) is 16.7 Å². The maximum atomic E-state index is 12.4. The van der Waals surface area contributed by atoms with Crippen LogP contribution in [0.2, 0.25) is 0 Å². The third kappa shape index (κ3) is 2.47. The zero-order valence-corrected chi connectivity index (χ0v) is 8.69. The largest absolute Gasteiger partial charge is 0.465 e. The van der Waals surface area contributed by atoms with Crippen molar-refractivity contribution in [3.05, 3.63) is 30.1 Å². The molecule has 0 aliphatic heterocycles. The molecule has 8 heteroatoms. The van der Waals surface area contributed by atoms with Crippen molar-refractivity contribution in [1.82, 2.24) is 9.97 Å². The molecule has 0 aliphatic rings. The molecule has 2 aromatic rings. The van der Waals surface area contributed by atoms with Crippen LogP contribution in [-0.2, 0) is 6.18 Å². The van der Waals surface area contributed by atoms with Gasteiger partial charge in [0.15, 0.2) is 5.69 Å². The highest BCUT2D eigenvalue weighted by atomic mass is 19.4. The summed E-state index contributed by atoms with van der Waals surface area (Å²) < 4.78 is 37.1. The van der Waals surface area contributed by atoms with E-state index in [1.54, 1.807) is 0 Å². The molecule has 0 unspecified atom stereocenters. The summed E-state index contributed by atoms with van der Waals surface area (Å²) in [5.41, 5.74) is -0.659. The fourth-order valence-electron chi connectivity index (χ4n) is 1.35. The summed E-state index contributed by atoms with van der Waals surface area (Å²) >= 11 is 0. The lowest BCUT2D eigenvalue weighted by Crippen LogP contribution is -2.09. The SMILES string of the molecule is O=C(O)Nc1ccc2nc(C(F)(F)F)cnc2c1. The average Bonchev–Trinajstić information content (AvgIpc) is 2.26. The molecule has 0 saturated heterocycles. The quantitative estimate of drug-likeness (QED) is 0.823. The molecule has 1 aromatic carbocycles. The molecular formula is C10H6F3N3O2. The van der Waals surface area contributed by atoms with Gasteiger partial charge in [0.05, 0.1) is 17.2 Å². The normalized spacial score (nSPS) is 11.5. The van der Waals surface area contributed by atoms with E-state index in [1.165, 1.54) is 18.2 Å². The summed E-state index contributed by atoms with van der Waals surface area (Å²) in [5.74, 6) is 0. The molecule has 0 atom stereocenters. The minimum Gasteiger partial charge on any atom is -0.465 e. The second-order valence-corrected chi connectivity index (χ2v) is 3.39. The van der Waals surface area contributed by atoms with E-state index in [4.69, 9.17) is 5.11 Å². The highest BCUT2D eigenvalue weighted by Crippen LogP contribution is 2.28. The number of hydrogen-bond acceptors (Lipinski definition) is 3. The van der Waals surface area contributed by atoms with Gasteiger partial charge in [-0.25, -0.2) is 9.78 Å². The Kier molecular flexibility index (Phi) is 2.77. The molecule has 0 spiro atoms. The number of alkyl halides is 3. The zero-order valence-electron chi connectivity index (χ0n) is 8.69. The Bertz CT molecular complexity index is 613. The van der Waals surface area contributed by atoms with Gasteiger partial charge in [0.1, 0.15) is 0 Å². The lowest BCUT2D eigenvalue weighted by Gasteiger charge is -2.07. The molecule has 1 aromatic heterocycles. The second-order valence-electron chi connectivity index (χ2n) is 3.39. The van der Waals surface area contributed by atoms with Crippen molar-refractivity contribution in [1.29, 1.82) is 0 Å². The van der Waals surface area contributed by atoms with E-state index in [0.29, 0.717) is 6.20 Å². The van der Waals surface area contributed by atoms with Crippen LogP contribution in [0.4, 0.5) is 23.7 Å².